The van der Waals surface area contributed by atoms with Gasteiger partial charge in [-0.2, -0.15) is 0 Å². The van der Waals surface area contributed by atoms with Crippen LogP contribution in [0.25, 0.3) is 11.0 Å². The van der Waals surface area contributed by atoms with Crippen LogP contribution < -0.4 is 0 Å². The molecule has 0 amide bonds. The minimum atomic E-state index is -1.26. The molecule has 0 fully saturated rings. The number of nitrogens with zero attached hydrogens (tertiary/aromatic N) is 3. The summed E-state index contributed by atoms with van der Waals surface area (Å²) in [5.41, 5.74) is 0.532. The molecule has 0 atom stereocenters. The van der Waals surface area contributed by atoms with Gasteiger partial charge in [0.1, 0.15) is 11.0 Å². The summed E-state index contributed by atoms with van der Waals surface area (Å²) in [6.07, 6.45) is -1.26. The minimum absolute atomic E-state index is 0.0416. The molecule has 0 unspecified atom stereocenters. The second kappa shape index (κ2) is 3.05. The summed E-state index contributed by atoms with van der Waals surface area (Å²) < 4.78 is 0.682. The fourth-order valence-electron chi connectivity index (χ4n) is 1.20. The summed E-state index contributed by atoms with van der Waals surface area (Å²) >= 11 is 0. The zero-order valence-corrected chi connectivity index (χ0v) is 7.28. The Balaban J connectivity index is 2.66. The Morgan fingerprint density at radius 2 is 2.00 bits per heavy atom. The van der Waals surface area contributed by atoms with Crippen molar-refractivity contribution in [2.24, 2.45) is 0 Å². The monoisotopic (exact) mass is 207 g/mol. The van der Waals surface area contributed by atoms with Gasteiger partial charge in [-0.3, -0.25) is 0 Å². The third-order valence-electron chi connectivity index (χ3n) is 1.87. The van der Waals surface area contributed by atoms with Crippen molar-refractivity contribution in [1.29, 1.82) is 0 Å². The normalized spacial score (nSPS) is 10.4. The highest BCUT2D eigenvalue weighted by molar-refractivity contribution is 5.93. The molecular formula is C8H5N3O4. The van der Waals surface area contributed by atoms with Gasteiger partial charge in [-0.1, -0.05) is 5.21 Å². The minimum Gasteiger partial charge on any atom is -0.478 e. The van der Waals surface area contributed by atoms with Crippen LogP contribution in [0, 0.1) is 0 Å². The Labute approximate surface area is 82.5 Å². The molecule has 2 aromatic rings. The number of carbonyl (C=O) groups is 2. The maximum atomic E-state index is 10.6. The molecule has 0 aliphatic rings. The van der Waals surface area contributed by atoms with E-state index in [1.165, 1.54) is 18.2 Å². The Morgan fingerprint density at radius 3 is 2.60 bits per heavy atom. The van der Waals surface area contributed by atoms with E-state index >= 15 is 0 Å². The van der Waals surface area contributed by atoms with Gasteiger partial charge in [-0.25, -0.2) is 9.59 Å². The molecule has 0 aliphatic carbocycles. The van der Waals surface area contributed by atoms with Crippen molar-refractivity contribution in [1.82, 2.24) is 15.0 Å². The number of rotatable bonds is 1. The summed E-state index contributed by atoms with van der Waals surface area (Å²) in [5, 5.41) is 24.3. The summed E-state index contributed by atoms with van der Waals surface area (Å²) in [5.74, 6) is -1.10. The highest BCUT2D eigenvalue weighted by Gasteiger charge is 2.12. The van der Waals surface area contributed by atoms with Crippen molar-refractivity contribution >= 4 is 23.1 Å². The lowest BCUT2D eigenvalue weighted by Crippen LogP contribution is -2.09. The fraction of sp³-hybridized carbons (Fsp3) is 0. The summed E-state index contributed by atoms with van der Waals surface area (Å²) in [7, 11) is 0. The van der Waals surface area contributed by atoms with Crippen molar-refractivity contribution < 1.29 is 19.8 Å². The highest BCUT2D eigenvalue weighted by atomic mass is 16.4. The number of benzene rings is 1. The molecule has 2 rings (SSSR count). The topological polar surface area (TPSA) is 105 Å². The van der Waals surface area contributed by atoms with Gasteiger partial charge in [0.05, 0.1) is 5.56 Å². The SMILES string of the molecule is O=C(O)c1ccc2c(c1)nnn2C(=O)O. The summed E-state index contributed by atoms with van der Waals surface area (Å²) in [6.45, 7) is 0. The van der Waals surface area contributed by atoms with Gasteiger partial charge in [-0.15, -0.1) is 9.78 Å². The number of hydrogen-bond donors (Lipinski definition) is 2. The van der Waals surface area contributed by atoms with E-state index in [9.17, 15) is 9.59 Å². The van der Waals surface area contributed by atoms with Crippen LogP contribution in [0.15, 0.2) is 18.2 Å². The number of fused-ring (bicyclic) bond motifs is 1. The van der Waals surface area contributed by atoms with E-state index in [1.54, 1.807) is 0 Å². The van der Waals surface area contributed by atoms with Crippen LogP contribution in [-0.2, 0) is 0 Å². The highest BCUT2D eigenvalue weighted by Crippen LogP contribution is 2.13. The Hall–Kier alpha value is -2.44. The third kappa shape index (κ3) is 1.39. The number of aromatic carboxylic acids is 1. The Kier molecular flexibility index (Phi) is 1.86. The van der Waals surface area contributed by atoms with E-state index in [-0.39, 0.29) is 16.6 Å². The van der Waals surface area contributed by atoms with E-state index in [0.29, 0.717) is 4.68 Å². The van der Waals surface area contributed by atoms with E-state index in [1.807, 2.05) is 0 Å². The van der Waals surface area contributed by atoms with Crippen molar-refractivity contribution in [3.8, 4) is 0 Å². The van der Waals surface area contributed by atoms with Crippen LogP contribution >= 0.6 is 0 Å². The quantitative estimate of drug-likeness (QED) is 0.711. The zero-order valence-electron chi connectivity index (χ0n) is 7.28. The summed E-state index contributed by atoms with van der Waals surface area (Å²) in [6, 6.07) is 3.92. The Bertz CT molecular complexity index is 560. The molecule has 0 aliphatic heterocycles. The maximum absolute atomic E-state index is 10.6. The molecule has 1 aromatic carbocycles. The summed E-state index contributed by atoms with van der Waals surface area (Å²) in [4.78, 5) is 21.3. The second-order valence-corrected chi connectivity index (χ2v) is 2.79. The van der Waals surface area contributed by atoms with Crippen LogP contribution in [-0.4, -0.2) is 37.3 Å². The zero-order chi connectivity index (χ0) is 11.0. The molecule has 0 bridgehead atoms. The molecule has 2 N–H and O–H groups in total. The number of carboxylic acid groups (broad SMARTS) is 2. The first-order chi connectivity index (χ1) is 7.09. The van der Waals surface area contributed by atoms with Crippen molar-refractivity contribution in [2.75, 3.05) is 0 Å². The van der Waals surface area contributed by atoms with Crippen LogP contribution in [0.4, 0.5) is 4.79 Å². The van der Waals surface area contributed by atoms with Gasteiger partial charge in [0.15, 0.2) is 0 Å². The fourth-order valence-corrected chi connectivity index (χ4v) is 1.20. The first-order valence-corrected chi connectivity index (χ1v) is 3.91. The lowest BCUT2D eigenvalue weighted by atomic mass is 10.2. The molecule has 0 spiro atoms. The molecule has 1 aromatic heterocycles. The van der Waals surface area contributed by atoms with Crippen molar-refractivity contribution in [2.45, 2.75) is 0 Å². The smallest absolute Gasteiger partial charge is 0.434 e. The predicted molar refractivity (Wildman–Crippen MR) is 47.9 cm³/mol. The number of carboxylic acids is 1. The lowest BCUT2D eigenvalue weighted by Gasteiger charge is -1.94. The van der Waals surface area contributed by atoms with Crippen molar-refractivity contribution in [3.05, 3.63) is 23.8 Å². The van der Waals surface area contributed by atoms with E-state index < -0.39 is 12.1 Å². The Morgan fingerprint density at radius 1 is 1.27 bits per heavy atom. The van der Waals surface area contributed by atoms with Gasteiger partial charge in [-0.05, 0) is 18.2 Å². The van der Waals surface area contributed by atoms with Crippen LogP contribution in [0.1, 0.15) is 10.4 Å². The van der Waals surface area contributed by atoms with Crippen molar-refractivity contribution in [3.63, 3.8) is 0 Å². The largest absolute Gasteiger partial charge is 0.478 e. The van der Waals surface area contributed by atoms with Gasteiger partial charge in [0.25, 0.3) is 0 Å². The maximum Gasteiger partial charge on any atom is 0.434 e. The second-order valence-electron chi connectivity index (χ2n) is 2.79. The van der Waals surface area contributed by atoms with E-state index in [4.69, 9.17) is 10.2 Å². The molecule has 0 radical (unpaired) electrons. The molecule has 15 heavy (non-hydrogen) atoms. The molecule has 0 saturated heterocycles. The van der Waals surface area contributed by atoms with Crippen LogP contribution in [0.2, 0.25) is 0 Å². The third-order valence-corrected chi connectivity index (χ3v) is 1.87. The van der Waals surface area contributed by atoms with Crippen LogP contribution in [0.5, 0.6) is 0 Å². The molecule has 7 heteroatoms. The van der Waals surface area contributed by atoms with E-state index in [0.717, 1.165) is 0 Å². The lowest BCUT2D eigenvalue weighted by molar-refractivity contribution is 0.0697. The van der Waals surface area contributed by atoms with Crippen LogP contribution in [0.3, 0.4) is 0 Å². The number of aromatic nitrogens is 3. The van der Waals surface area contributed by atoms with Gasteiger partial charge in [0, 0.05) is 0 Å². The molecule has 7 nitrogen and oxygen atoms in total. The van der Waals surface area contributed by atoms with E-state index in [2.05, 4.69) is 10.3 Å². The average Bonchev–Trinajstić information content (AvgIpc) is 2.59. The predicted octanol–water partition coefficient (Wildman–Crippen LogP) is 0.656. The van der Waals surface area contributed by atoms with Gasteiger partial charge in [0.2, 0.25) is 0 Å². The first kappa shape index (κ1) is 9.13. The average molecular weight is 207 g/mol. The molecule has 76 valence electrons. The first-order valence-electron chi connectivity index (χ1n) is 3.91. The molecule has 0 saturated carbocycles. The molecular weight excluding hydrogens is 202 g/mol. The molecule has 1 heterocycles. The standard InChI is InChI=1S/C8H5N3O4/c12-7(13)4-1-2-6-5(3-4)9-10-11(6)8(14)15/h1-3H,(H,12,13)(H,14,15). The van der Waals surface area contributed by atoms with Gasteiger partial charge >= 0.3 is 12.1 Å². The van der Waals surface area contributed by atoms with Gasteiger partial charge < -0.3 is 10.2 Å². The number of hydrogen-bond acceptors (Lipinski definition) is 4.